The zero-order chi connectivity index (χ0) is 15.2. The Morgan fingerprint density at radius 3 is 2.20 bits per heavy atom. The minimum absolute atomic E-state index is 0.259. The van der Waals surface area contributed by atoms with E-state index in [1.54, 1.807) is 0 Å². The lowest BCUT2D eigenvalue weighted by Gasteiger charge is -2.05. The summed E-state index contributed by atoms with van der Waals surface area (Å²) in [6.45, 7) is 9.28. The highest BCUT2D eigenvalue weighted by molar-refractivity contribution is 6.19. The van der Waals surface area contributed by atoms with Crippen molar-refractivity contribution < 1.29 is 14.6 Å². The fourth-order valence-corrected chi connectivity index (χ4v) is 1.89. The van der Waals surface area contributed by atoms with Crippen LogP contribution in [0.5, 0.6) is 0 Å². The van der Waals surface area contributed by atoms with Crippen molar-refractivity contribution in [1.82, 2.24) is 0 Å². The van der Waals surface area contributed by atoms with Crippen LogP contribution in [-0.2, 0) is 9.53 Å². The van der Waals surface area contributed by atoms with E-state index in [1.807, 2.05) is 0 Å². The van der Waals surface area contributed by atoms with Gasteiger partial charge >= 0.3 is 11.7 Å². The van der Waals surface area contributed by atoms with Crippen molar-refractivity contribution in [1.29, 1.82) is 0 Å². The molecule has 4 nitrogen and oxygen atoms in total. The first-order valence-corrected chi connectivity index (χ1v) is 7.73. The summed E-state index contributed by atoms with van der Waals surface area (Å²) in [4.78, 5) is 14.4. The van der Waals surface area contributed by atoms with E-state index in [-0.39, 0.29) is 12.5 Å². The SMILES string of the molecule is [C-]#[N+]C(C(=O)OCCCCCCCCCC)=C(O)CCl. The second-order valence-corrected chi connectivity index (χ2v) is 4.92. The summed E-state index contributed by atoms with van der Waals surface area (Å²) < 4.78 is 4.93. The molecule has 0 aromatic heterocycles. The number of ether oxygens (including phenoxy) is 1. The summed E-state index contributed by atoms with van der Waals surface area (Å²) in [5.74, 6) is -1.48. The zero-order valence-corrected chi connectivity index (χ0v) is 12.9. The van der Waals surface area contributed by atoms with Gasteiger partial charge in [0.1, 0.15) is 5.76 Å². The predicted molar refractivity (Wildman–Crippen MR) is 80.5 cm³/mol. The Hall–Kier alpha value is -1.21. The van der Waals surface area contributed by atoms with E-state index in [4.69, 9.17) is 22.9 Å². The third kappa shape index (κ3) is 8.82. The topological polar surface area (TPSA) is 50.9 Å². The third-order valence-corrected chi connectivity index (χ3v) is 3.19. The number of allylic oxidation sites excluding steroid dienone is 1. The van der Waals surface area contributed by atoms with E-state index in [0.29, 0.717) is 0 Å². The van der Waals surface area contributed by atoms with E-state index >= 15 is 0 Å². The number of rotatable bonds is 11. The molecule has 0 rings (SSSR count). The number of nitrogens with zero attached hydrogens (tertiary/aromatic N) is 1. The summed E-state index contributed by atoms with van der Waals surface area (Å²) in [5.41, 5.74) is -0.417. The van der Waals surface area contributed by atoms with E-state index in [2.05, 4.69) is 11.8 Å². The molecule has 0 aromatic rings. The molecule has 0 unspecified atom stereocenters. The van der Waals surface area contributed by atoms with Crippen molar-refractivity contribution >= 4 is 17.6 Å². The van der Waals surface area contributed by atoms with Crippen LogP contribution in [-0.4, -0.2) is 23.6 Å². The van der Waals surface area contributed by atoms with Crippen LogP contribution in [0, 0.1) is 6.57 Å². The number of aliphatic hydroxyl groups excluding tert-OH is 1. The molecule has 0 aliphatic heterocycles. The van der Waals surface area contributed by atoms with Crippen LogP contribution >= 0.6 is 11.6 Å². The van der Waals surface area contributed by atoms with Crippen molar-refractivity contribution in [3.05, 3.63) is 22.9 Å². The third-order valence-electron chi connectivity index (χ3n) is 2.94. The number of hydrogen-bond donors (Lipinski definition) is 1. The van der Waals surface area contributed by atoms with Crippen LogP contribution in [0.15, 0.2) is 11.5 Å². The molecule has 0 amide bonds. The Bertz CT molecular complexity index is 348. The highest BCUT2D eigenvalue weighted by Crippen LogP contribution is 2.10. The van der Waals surface area contributed by atoms with Crippen LogP contribution in [0.3, 0.4) is 0 Å². The maximum atomic E-state index is 11.5. The molecule has 0 aliphatic rings. The van der Waals surface area contributed by atoms with Crippen LogP contribution < -0.4 is 0 Å². The average molecular weight is 302 g/mol. The van der Waals surface area contributed by atoms with Crippen LogP contribution in [0.2, 0.25) is 0 Å². The summed E-state index contributed by atoms with van der Waals surface area (Å²) in [6.07, 6.45) is 9.26. The van der Waals surface area contributed by atoms with Crippen LogP contribution in [0.25, 0.3) is 4.85 Å². The zero-order valence-electron chi connectivity index (χ0n) is 12.2. The Kier molecular flexibility index (Phi) is 12.0. The van der Waals surface area contributed by atoms with E-state index in [1.165, 1.54) is 32.1 Å². The predicted octanol–water partition coefficient (Wildman–Crippen LogP) is 4.60. The molecule has 0 fully saturated rings. The minimum atomic E-state index is -0.791. The van der Waals surface area contributed by atoms with Gasteiger partial charge in [0, 0.05) is 0 Å². The van der Waals surface area contributed by atoms with Gasteiger partial charge in [-0.1, -0.05) is 51.9 Å². The van der Waals surface area contributed by atoms with E-state index < -0.39 is 17.4 Å². The lowest BCUT2D eigenvalue weighted by Crippen LogP contribution is -2.09. The maximum absolute atomic E-state index is 11.5. The number of unbranched alkanes of at least 4 members (excludes halogenated alkanes) is 7. The van der Waals surface area contributed by atoms with Gasteiger partial charge in [-0.05, 0) is 6.42 Å². The number of halogens is 1. The monoisotopic (exact) mass is 301 g/mol. The summed E-state index contributed by atoms with van der Waals surface area (Å²) in [5, 5.41) is 9.26. The van der Waals surface area contributed by atoms with Gasteiger partial charge in [0.05, 0.1) is 19.1 Å². The van der Waals surface area contributed by atoms with Crippen molar-refractivity contribution in [2.24, 2.45) is 0 Å². The number of carbonyl (C=O) groups is 1. The molecular weight excluding hydrogens is 278 g/mol. The summed E-state index contributed by atoms with van der Waals surface area (Å²) >= 11 is 5.37. The Balaban J connectivity index is 3.65. The first-order valence-electron chi connectivity index (χ1n) is 7.20. The molecule has 0 spiro atoms. The van der Waals surface area contributed by atoms with Gasteiger partial charge in [0.25, 0.3) is 0 Å². The number of hydrogen-bond acceptors (Lipinski definition) is 3. The van der Waals surface area contributed by atoms with Gasteiger partial charge in [-0.15, -0.1) is 11.6 Å². The van der Waals surface area contributed by atoms with E-state index in [0.717, 1.165) is 19.3 Å². The van der Waals surface area contributed by atoms with Gasteiger partial charge in [-0.25, -0.2) is 4.85 Å². The van der Waals surface area contributed by atoms with Gasteiger partial charge < -0.3 is 9.84 Å². The maximum Gasteiger partial charge on any atom is 0.339 e. The molecule has 0 aliphatic carbocycles. The second-order valence-electron chi connectivity index (χ2n) is 4.65. The summed E-state index contributed by atoms with van der Waals surface area (Å²) in [7, 11) is 0. The fourth-order valence-electron chi connectivity index (χ4n) is 1.76. The van der Waals surface area contributed by atoms with Crippen LogP contribution in [0.4, 0.5) is 0 Å². The molecule has 0 aromatic carbocycles. The smallest absolute Gasteiger partial charge is 0.339 e. The van der Waals surface area contributed by atoms with Gasteiger partial charge in [-0.3, -0.25) is 4.79 Å². The van der Waals surface area contributed by atoms with Crippen molar-refractivity contribution in [3.63, 3.8) is 0 Å². The number of carbonyl (C=O) groups excluding carboxylic acids is 1. The first kappa shape index (κ1) is 18.8. The molecule has 0 bridgehead atoms. The Labute approximate surface area is 126 Å². The average Bonchev–Trinajstić information content (AvgIpc) is 2.46. The van der Waals surface area contributed by atoms with Crippen molar-refractivity contribution in [3.8, 4) is 0 Å². The minimum Gasteiger partial charge on any atom is -0.522 e. The molecule has 0 radical (unpaired) electrons. The van der Waals surface area contributed by atoms with Gasteiger partial charge in [-0.2, -0.15) is 0 Å². The Morgan fingerprint density at radius 2 is 1.70 bits per heavy atom. The van der Waals surface area contributed by atoms with Gasteiger partial charge in [0.2, 0.25) is 0 Å². The largest absolute Gasteiger partial charge is 0.522 e. The lowest BCUT2D eigenvalue weighted by atomic mass is 10.1. The quantitative estimate of drug-likeness (QED) is 0.151. The van der Waals surface area contributed by atoms with Crippen molar-refractivity contribution in [2.45, 2.75) is 58.3 Å². The standard InChI is InChI=1S/C15H24ClNO3/c1-3-4-5-6-7-8-9-10-11-20-15(19)14(17-2)13(18)12-16/h18H,3-12H2,1H3. The Morgan fingerprint density at radius 1 is 1.15 bits per heavy atom. The highest BCUT2D eigenvalue weighted by atomic mass is 35.5. The number of esters is 1. The highest BCUT2D eigenvalue weighted by Gasteiger charge is 2.16. The normalized spacial score (nSPS) is 11.7. The summed E-state index contributed by atoms with van der Waals surface area (Å²) in [6, 6.07) is 0. The molecule has 20 heavy (non-hydrogen) atoms. The molecule has 0 heterocycles. The molecule has 0 saturated carbocycles. The second kappa shape index (κ2) is 12.8. The van der Waals surface area contributed by atoms with E-state index in [9.17, 15) is 9.90 Å². The molecule has 0 atom stereocenters. The fraction of sp³-hybridized carbons (Fsp3) is 0.733. The lowest BCUT2D eigenvalue weighted by molar-refractivity contribution is -0.139. The van der Waals surface area contributed by atoms with Crippen molar-refractivity contribution in [2.75, 3.05) is 12.5 Å². The molecule has 0 saturated heterocycles. The van der Waals surface area contributed by atoms with Crippen LogP contribution in [0.1, 0.15) is 58.3 Å². The number of aliphatic hydroxyl groups is 1. The number of alkyl halides is 1. The molecule has 114 valence electrons. The molecular formula is C15H24ClNO3. The first-order chi connectivity index (χ1) is 9.67. The molecule has 1 N–H and O–H groups in total. The molecule has 5 heteroatoms. The van der Waals surface area contributed by atoms with Gasteiger partial charge in [0.15, 0.2) is 0 Å².